The van der Waals surface area contributed by atoms with E-state index in [4.69, 9.17) is 16.2 Å². The maximum atomic E-state index is 5.70. The van der Waals surface area contributed by atoms with E-state index in [-0.39, 0.29) is 0 Å². The zero-order valence-corrected chi connectivity index (χ0v) is 8.36. The minimum absolute atomic E-state index is 0.663. The third-order valence-electron chi connectivity index (χ3n) is 1.83. The summed E-state index contributed by atoms with van der Waals surface area (Å²) >= 11 is 0. The lowest BCUT2D eigenvalue weighted by Gasteiger charge is -2.03. The number of methoxy groups -OCH3 is 1. The van der Waals surface area contributed by atoms with Gasteiger partial charge in [0.15, 0.2) is 0 Å². The van der Waals surface area contributed by atoms with Crippen molar-refractivity contribution >= 4 is 11.8 Å². The summed E-state index contributed by atoms with van der Waals surface area (Å²) in [6.45, 7) is 0.663. The summed E-state index contributed by atoms with van der Waals surface area (Å²) in [6, 6.07) is 5.62. The molecule has 0 atom stereocenters. The van der Waals surface area contributed by atoms with E-state index in [1.807, 2.05) is 24.3 Å². The van der Waals surface area contributed by atoms with Gasteiger partial charge in [0.05, 0.1) is 7.11 Å². The first-order chi connectivity index (χ1) is 6.76. The van der Waals surface area contributed by atoms with Gasteiger partial charge < -0.3 is 16.2 Å². The molecule has 3 nitrogen and oxygen atoms in total. The molecule has 4 N–H and O–H groups in total. The van der Waals surface area contributed by atoms with E-state index in [0.29, 0.717) is 12.2 Å². The van der Waals surface area contributed by atoms with Gasteiger partial charge in [0, 0.05) is 11.8 Å². The highest BCUT2D eigenvalue weighted by atomic mass is 16.5. The number of hydrogen-bond acceptors (Lipinski definition) is 3. The highest BCUT2D eigenvalue weighted by molar-refractivity contribution is 5.59. The van der Waals surface area contributed by atoms with Crippen LogP contribution in [0, 0.1) is 0 Å². The Morgan fingerprint density at radius 3 is 2.79 bits per heavy atom. The fourth-order valence-corrected chi connectivity index (χ4v) is 1.18. The molecule has 0 saturated carbocycles. The van der Waals surface area contributed by atoms with Gasteiger partial charge in [-0.1, -0.05) is 12.2 Å². The van der Waals surface area contributed by atoms with Crippen LogP contribution in [0.5, 0.6) is 5.75 Å². The Morgan fingerprint density at radius 2 is 2.14 bits per heavy atom. The fourth-order valence-electron chi connectivity index (χ4n) is 1.18. The zero-order valence-electron chi connectivity index (χ0n) is 8.36. The highest BCUT2D eigenvalue weighted by Crippen LogP contribution is 2.19. The van der Waals surface area contributed by atoms with Crippen LogP contribution in [0.4, 0.5) is 5.69 Å². The zero-order chi connectivity index (χ0) is 10.4. The smallest absolute Gasteiger partial charge is 0.121 e. The van der Waals surface area contributed by atoms with E-state index in [9.17, 15) is 0 Å². The summed E-state index contributed by atoms with van der Waals surface area (Å²) in [6.07, 6.45) is 4.89. The van der Waals surface area contributed by atoms with Gasteiger partial charge in [-0.25, -0.2) is 0 Å². The molecule has 0 unspecified atom stereocenters. The van der Waals surface area contributed by atoms with Crippen molar-refractivity contribution in [3.05, 3.63) is 29.8 Å². The molecule has 0 saturated heterocycles. The van der Waals surface area contributed by atoms with Gasteiger partial charge >= 0.3 is 0 Å². The summed E-state index contributed by atoms with van der Waals surface area (Å²) in [5, 5.41) is 0. The van der Waals surface area contributed by atoms with E-state index in [1.165, 1.54) is 0 Å². The second-order valence-corrected chi connectivity index (χ2v) is 3.02. The molecule has 0 aliphatic rings. The molecule has 0 amide bonds. The van der Waals surface area contributed by atoms with Crippen molar-refractivity contribution in [1.82, 2.24) is 0 Å². The molecule has 0 fully saturated rings. The Bertz CT molecular complexity index is 321. The Hall–Kier alpha value is -1.48. The number of hydrogen-bond donors (Lipinski definition) is 2. The third-order valence-corrected chi connectivity index (χ3v) is 1.83. The molecule has 1 aromatic carbocycles. The summed E-state index contributed by atoms with van der Waals surface area (Å²) in [7, 11) is 1.63. The Labute approximate surface area is 84.4 Å². The van der Waals surface area contributed by atoms with Crippen molar-refractivity contribution in [3.8, 4) is 5.75 Å². The SMILES string of the molecule is COc1cc(N)cc(C=CCCN)c1. The van der Waals surface area contributed by atoms with E-state index in [2.05, 4.69) is 0 Å². The van der Waals surface area contributed by atoms with Crippen molar-refractivity contribution in [2.45, 2.75) is 6.42 Å². The molecule has 0 spiro atoms. The first-order valence-electron chi connectivity index (χ1n) is 4.57. The van der Waals surface area contributed by atoms with Gasteiger partial charge in [-0.15, -0.1) is 0 Å². The first kappa shape index (κ1) is 10.6. The van der Waals surface area contributed by atoms with Crippen molar-refractivity contribution in [2.75, 3.05) is 19.4 Å². The lowest BCUT2D eigenvalue weighted by molar-refractivity contribution is 0.415. The molecule has 0 aliphatic heterocycles. The Balaban J connectivity index is 2.81. The minimum atomic E-state index is 0.663. The second-order valence-electron chi connectivity index (χ2n) is 3.02. The van der Waals surface area contributed by atoms with E-state index in [1.54, 1.807) is 13.2 Å². The van der Waals surface area contributed by atoms with E-state index < -0.39 is 0 Å². The van der Waals surface area contributed by atoms with Crippen molar-refractivity contribution < 1.29 is 4.74 Å². The average molecular weight is 192 g/mol. The van der Waals surface area contributed by atoms with Gasteiger partial charge in [0.1, 0.15) is 5.75 Å². The predicted octanol–water partition coefficient (Wildman–Crippen LogP) is 1.64. The standard InChI is InChI=1S/C11H16N2O/c1-14-11-7-9(4-2-3-5-12)6-10(13)8-11/h2,4,6-8H,3,5,12-13H2,1H3. The lowest BCUT2D eigenvalue weighted by atomic mass is 10.1. The van der Waals surface area contributed by atoms with Crippen molar-refractivity contribution in [1.29, 1.82) is 0 Å². The van der Waals surface area contributed by atoms with Gasteiger partial charge in [-0.3, -0.25) is 0 Å². The summed E-state index contributed by atoms with van der Waals surface area (Å²) < 4.78 is 5.10. The number of nitrogen functional groups attached to an aromatic ring is 1. The van der Waals surface area contributed by atoms with E-state index >= 15 is 0 Å². The minimum Gasteiger partial charge on any atom is -0.497 e. The maximum absolute atomic E-state index is 5.70. The molecule has 0 heterocycles. The second kappa shape index (κ2) is 5.29. The van der Waals surface area contributed by atoms with Crippen LogP contribution in [-0.2, 0) is 0 Å². The molecule has 1 aromatic rings. The first-order valence-corrected chi connectivity index (χ1v) is 4.57. The topological polar surface area (TPSA) is 61.3 Å². The van der Waals surface area contributed by atoms with Crippen LogP contribution in [0.1, 0.15) is 12.0 Å². The fraction of sp³-hybridized carbons (Fsp3) is 0.273. The largest absolute Gasteiger partial charge is 0.497 e. The van der Waals surface area contributed by atoms with Crippen molar-refractivity contribution in [3.63, 3.8) is 0 Å². The van der Waals surface area contributed by atoms with Crippen LogP contribution in [0.15, 0.2) is 24.3 Å². The van der Waals surface area contributed by atoms with Crippen LogP contribution in [0.25, 0.3) is 6.08 Å². The monoisotopic (exact) mass is 192 g/mol. The van der Waals surface area contributed by atoms with Gasteiger partial charge in [-0.2, -0.15) is 0 Å². The molecule has 0 radical (unpaired) electrons. The third kappa shape index (κ3) is 3.11. The molecule has 14 heavy (non-hydrogen) atoms. The summed E-state index contributed by atoms with van der Waals surface area (Å²) in [5.41, 5.74) is 12.8. The quantitative estimate of drug-likeness (QED) is 0.713. The van der Waals surface area contributed by atoms with Crippen LogP contribution in [0.2, 0.25) is 0 Å². The van der Waals surface area contributed by atoms with Crippen LogP contribution < -0.4 is 16.2 Å². The molecule has 0 aromatic heterocycles. The molecule has 76 valence electrons. The normalized spacial score (nSPS) is 10.7. The number of benzene rings is 1. The van der Waals surface area contributed by atoms with Crippen LogP contribution in [0.3, 0.4) is 0 Å². The molecule has 1 rings (SSSR count). The molecular weight excluding hydrogens is 176 g/mol. The molecule has 0 bridgehead atoms. The molecular formula is C11H16N2O. The number of rotatable bonds is 4. The van der Waals surface area contributed by atoms with Crippen LogP contribution in [-0.4, -0.2) is 13.7 Å². The Kier molecular flexibility index (Phi) is 4.01. The lowest BCUT2D eigenvalue weighted by Crippen LogP contribution is -1.95. The summed E-state index contributed by atoms with van der Waals surface area (Å²) in [5.74, 6) is 0.775. The van der Waals surface area contributed by atoms with Gasteiger partial charge in [0.2, 0.25) is 0 Å². The number of ether oxygens (including phenoxy) is 1. The van der Waals surface area contributed by atoms with Crippen molar-refractivity contribution in [2.24, 2.45) is 5.73 Å². The predicted molar refractivity (Wildman–Crippen MR) is 60.1 cm³/mol. The number of nitrogens with two attached hydrogens (primary N) is 2. The maximum Gasteiger partial charge on any atom is 0.121 e. The average Bonchev–Trinajstić information content (AvgIpc) is 2.17. The highest BCUT2D eigenvalue weighted by Gasteiger charge is 1.95. The summed E-state index contributed by atoms with van der Waals surface area (Å²) in [4.78, 5) is 0. The van der Waals surface area contributed by atoms with Crippen LogP contribution >= 0.6 is 0 Å². The molecule has 3 heteroatoms. The molecule has 0 aliphatic carbocycles. The Morgan fingerprint density at radius 1 is 1.36 bits per heavy atom. The van der Waals surface area contributed by atoms with E-state index in [0.717, 1.165) is 17.7 Å². The number of anilines is 1. The van der Waals surface area contributed by atoms with Gasteiger partial charge in [0.25, 0.3) is 0 Å². The van der Waals surface area contributed by atoms with Gasteiger partial charge in [-0.05, 0) is 30.7 Å².